The summed E-state index contributed by atoms with van der Waals surface area (Å²) in [5.74, 6) is 0. The third kappa shape index (κ3) is 4.06. The molecule has 1 fully saturated rings. The van der Waals surface area contributed by atoms with Crippen LogP contribution in [0.3, 0.4) is 0 Å². The summed E-state index contributed by atoms with van der Waals surface area (Å²) < 4.78 is 0. The Kier molecular flexibility index (Phi) is 5.38. The lowest BCUT2D eigenvalue weighted by Crippen LogP contribution is -2.17. The van der Waals surface area contributed by atoms with E-state index in [2.05, 4.69) is 67.5 Å². The van der Waals surface area contributed by atoms with Crippen LogP contribution in [0, 0.1) is 0 Å². The molecule has 3 rings (SSSR count). The topological polar surface area (TPSA) is 29.0 Å². The van der Waals surface area contributed by atoms with E-state index in [0.29, 0.717) is 6.04 Å². The van der Waals surface area contributed by atoms with Crippen LogP contribution in [-0.4, -0.2) is 30.7 Å². The maximum Gasteiger partial charge on any atom is 0.0350 e. The summed E-state index contributed by atoms with van der Waals surface area (Å²) in [7, 11) is 0.730. The third-order valence-corrected chi connectivity index (χ3v) is 5.74. The van der Waals surface area contributed by atoms with Gasteiger partial charge in [-0.2, -0.15) is 0 Å². The molecule has 0 radical (unpaired) electrons. The van der Waals surface area contributed by atoms with E-state index in [4.69, 9.17) is 5.73 Å². The van der Waals surface area contributed by atoms with Crippen LogP contribution in [0.5, 0.6) is 0 Å². The highest BCUT2D eigenvalue weighted by molar-refractivity contribution is 7.49. The van der Waals surface area contributed by atoms with Crippen LogP contribution in [0.25, 0.3) is 5.31 Å². The Hall–Kier alpha value is -1.63. The summed E-state index contributed by atoms with van der Waals surface area (Å²) in [6.07, 6.45) is 1.97. The molecule has 0 aromatic heterocycles. The minimum Gasteiger partial charge on any atom is -0.398 e. The van der Waals surface area contributed by atoms with Crippen LogP contribution in [0.2, 0.25) is 0 Å². The van der Waals surface area contributed by atoms with Crippen molar-refractivity contribution in [1.82, 2.24) is 4.90 Å². The van der Waals surface area contributed by atoms with Crippen molar-refractivity contribution < 1.29 is 0 Å². The molecule has 2 unspecified atom stereocenters. The average molecular weight is 338 g/mol. The average Bonchev–Trinajstić information content (AvgIpc) is 3.43. The maximum absolute atomic E-state index is 6.27. The molecular weight excluding hydrogens is 311 g/mol. The minimum atomic E-state index is 0.620. The molecule has 0 bridgehead atoms. The van der Waals surface area contributed by atoms with Gasteiger partial charge in [0, 0.05) is 31.2 Å². The summed E-state index contributed by atoms with van der Waals surface area (Å²) >= 11 is 0. The maximum atomic E-state index is 6.27. The molecule has 2 atom stereocenters. The molecule has 0 amide bonds. The second-order valence-electron chi connectivity index (χ2n) is 6.68. The molecule has 1 heterocycles. The zero-order chi connectivity index (χ0) is 17.1. The molecule has 0 saturated carbocycles. The van der Waals surface area contributed by atoms with Crippen LogP contribution < -0.4 is 5.73 Å². The highest BCUT2D eigenvalue weighted by Gasteiger charge is 2.23. The van der Waals surface area contributed by atoms with Gasteiger partial charge in [-0.1, -0.05) is 51.6 Å². The van der Waals surface area contributed by atoms with Crippen molar-refractivity contribution in [3.05, 3.63) is 71.3 Å². The van der Waals surface area contributed by atoms with Crippen LogP contribution in [0.4, 0.5) is 5.69 Å². The fraction of sp³-hybridized carbons (Fsp3) is 0.333. The predicted molar refractivity (Wildman–Crippen MR) is 108 cm³/mol. The predicted octanol–water partition coefficient (Wildman–Crippen LogP) is 4.39. The quantitative estimate of drug-likeness (QED) is 0.461. The van der Waals surface area contributed by atoms with E-state index in [1.807, 2.05) is 0 Å². The Morgan fingerprint density at radius 2 is 1.96 bits per heavy atom. The molecule has 2 N–H and O–H groups in total. The van der Waals surface area contributed by atoms with Crippen molar-refractivity contribution in [2.24, 2.45) is 0 Å². The van der Waals surface area contributed by atoms with Crippen LogP contribution in [0.1, 0.15) is 29.2 Å². The van der Waals surface area contributed by atoms with E-state index < -0.39 is 0 Å². The zero-order valence-electron chi connectivity index (χ0n) is 14.7. The smallest absolute Gasteiger partial charge is 0.0350 e. The standard InChI is InChI=1S/C21H27N2P/c1-15(23-10-11-23)12-17-8-9-21(22)19(13-17)14-18-6-4-5-7-20(18)16(2)24-3/h4-9,13,15,24H,2,10-12,14,22H2,1,3H3. The number of rotatable bonds is 7. The monoisotopic (exact) mass is 338 g/mol. The van der Waals surface area contributed by atoms with Crippen LogP contribution >= 0.6 is 8.58 Å². The van der Waals surface area contributed by atoms with Crippen molar-refractivity contribution in [3.63, 3.8) is 0 Å². The number of hydrogen-bond donors (Lipinski definition) is 1. The van der Waals surface area contributed by atoms with Gasteiger partial charge in [-0.15, -0.1) is 0 Å². The van der Waals surface area contributed by atoms with E-state index in [-0.39, 0.29) is 0 Å². The Morgan fingerprint density at radius 1 is 1.21 bits per heavy atom. The van der Waals surface area contributed by atoms with Gasteiger partial charge < -0.3 is 5.73 Å². The number of anilines is 1. The summed E-state index contributed by atoms with van der Waals surface area (Å²) in [6.45, 7) is 11.2. The largest absolute Gasteiger partial charge is 0.398 e. The van der Waals surface area contributed by atoms with E-state index in [1.54, 1.807) is 0 Å². The van der Waals surface area contributed by atoms with Gasteiger partial charge >= 0.3 is 0 Å². The Morgan fingerprint density at radius 3 is 2.67 bits per heavy atom. The summed E-state index contributed by atoms with van der Waals surface area (Å²) in [5, 5.41) is 1.22. The summed E-state index contributed by atoms with van der Waals surface area (Å²) in [6, 6.07) is 15.7. The van der Waals surface area contributed by atoms with Crippen molar-refractivity contribution >= 4 is 19.6 Å². The molecule has 3 heteroatoms. The van der Waals surface area contributed by atoms with Gasteiger partial charge in [0.15, 0.2) is 0 Å². The highest BCUT2D eigenvalue weighted by atomic mass is 31.1. The molecule has 1 saturated heterocycles. The van der Waals surface area contributed by atoms with Crippen molar-refractivity contribution in [1.29, 1.82) is 0 Å². The molecule has 2 aromatic rings. The lowest BCUT2D eigenvalue weighted by Gasteiger charge is -2.16. The van der Waals surface area contributed by atoms with Gasteiger partial charge in [-0.05, 0) is 53.6 Å². The van der Waals surface area contributed by atoms with Gasteiger partial charge in [0.2, 0.25) is 0 Å². The van der Waals surface area contributed by atoms with Crippen LogP contribution in [0.15, 0.2) is 49.0 Å². The van der Waals surface area contributed by atoms with E-state index in [1.165, 1.54) is 40.7 Å². The Balaban J connectivity index is 1.83. The fourth-order valence-electron chi connectivity index (χ4n) is 3.22. The number of nitrogens with zero attached hydrogens (tertiary/aromatic N) is 1. The lowest BCUT2D eigenvalue weighted by molar-refractivity contribution is 0.425. The molecule has 2 aromatic carbocycles. The number of benzene rings is 2. The third-order valence-electron chi connectivity index (χ3n) is 4.87. The number of nitrogens with two attached hydrogens (primary N) is 1. The Bertz CT molecular complexity index is 734. The second kappa shape index (κ2) is 7.51. The molecule has 126 valence electrons. The first-order valence-corrected chi connectivity index (χ1v) is 10.1. The highest BCUT2D eigenvalue weighted by Crippen LogP contribution is 2.32. The summed E-state index contributed by atoms with van der Waals surface area (Å²) in [4.78, 5) is 2.50. The zero-order valence-corrected chi connectivity index (χ0v) is 15.7. The number of hydrogen-bond acceptors (Lipinski definition) is 2. The molecule has 0 aliphatic carbocycles. The van der Waals surface area contributed by atoms with E-state index in [9.17, 15) is 0 Å². The van der Waals surface area contributed by atoms with Gasteiger partial charge in [-0.3, -0.25) is 4.90 Å². The molecule has 1 aliphatic heterocycles. The van der Waals surface area contributed by atoms with Gasteiger partial charge in [0.05, 0.1) is 0 Å². The van der Waals surface area contributed by atoms with Crippen molar-refractivity contribution in [2.75, 3.05) is 25.5 Å². The minimum absolute atomic E-state index is 0.620. The normalized spacial score (nSPS) is 15.8. The first kappa shape index (κ1) is 17.2. The molecule has 2 nitrogen and oxygen atoms in total. The SMILES string of the molecule is C=C(PC)c1ccccc1Cc1cc(CC(C)N2CC2)ccc1N. The van der Waals surface area contributed by atoms with Gasteiger partial charge in [0.1, 0.15) is 0 Å². The molecular formula is C21H27N2P. The van der Waals surface area contributed by atoms with Gasteiger partial charge in [0.25, 0.3) is 0 Å². The van der Waals surface area contributed by atoms with Crippen molar-refractivity contribution in [3.8, 4) is 0 Å². The van der Waals surface area contributed by atoms with E-state index in [0.717, 1.165) is 27.1 Å². The van der Waals surface area contributed by atoms with Gasteiger partial charge in [-0.25, -0.2) is 0 Å². The molecule has 0 spiro atoms. The Labute approximate surface area is 147 Å². The van der Waals surface area contributed by atoms with E-state index >= 15 is 0 Å². The lowest BCUT2D eigenvalue weighted by atomic mass is 9.95. The fourth-order valence-corrected chi connectivity index (χ4v) is 3.73. The number of nitrogen functional groups attached to an aromatic ring is 1. The molecule has 1 aliphatic rings. The van der Waals surface area contributed by atoms with Crippen molar-refractivity contribution in [2.45, 2.75) is 25.8 Å². The second-order valence-corrected chi connectivity index (χ2v) is 7.79. The first-order valence-electron chi connectivity index (χ1n) is 8.64. The van der Waals surface area contributed by atoms with Crippen LogP contribution in [-0.2, 0) is 12.8 Å². The first-order chi connectivity index (χ1) is 11.6. The molecule has 24 heavy (non-hydrogen) atoms. The summed E-state index contributed by atoms with van der Waals surface area (Å²) in [5.41, 5.74) is 12.4.